The van der Waals surface area contributed by atoms with Crippen molar-refractivity contribution in [2.75, 3.05) is 31.1 Å². The van der Waals surface area contributed by atoms with E-state index in [1.807, 2.05) is 23.2 Å². The third-order valence-electron chi connectivity index (χ3n) is 4.53. The zero-order chi connectivity index (χ0) is 16.4. The summed E-state index contributed by atoms with van der Waals surface area (Å²) in [5.41, 5.74) is 2.22. The molecule has 0 aromatic carbocycles. The summed E-state index contributed by atoms with van der Waals surface area (Å²) in [5, 5.41) is 1.79. The lowest BCUT2D eigenvalue weighted by atomic mass is 10.3. The van der Waals surface area contributed by atoms with Crippen LogP contribution >= 0.6 is 11.3 Å². The summed E-state index contributed by atoms with van der Waals surface area (Å²) in [6.45, 7) is 3.38. The Hall–Kier alpha value is -2.15. The first kappa shape index (κ1) is 15.4. The molecule has 2 aromatic heterocycles. The number of carbonyl (C=O) groups excluding carboxylic acids is 1. The van der Waals surface area contributed by atoms with Gasteiger partial charge in [0.2, 0.25) is 0 Å². The van der Waals surface area contributed by atoms with Crippen LogP contribution in [-0.2, 0) is 0 Å². The van der Waals surface area contributed by atoms with Crippen molar-refractivity contribution in [2.24, 2.45) is 0 Å². The van der Waals surface area contributed by atoms with Gasteiger partial charge < -0.3 is 14.5 Å². The molecule has 0 radical (unpaired) electrons. The minimum atomic E-state index is -0.00620. The zero-order valence-electron chi connectivity index (χ0n) is 13.4. The molecular weight excluding hydrogens is 324 g/mol. The van der Waals surface area contributed by atoms with Crippen LogP contribution in [0.1, 0.15) is 29.8 Å². The molecule has 0 unspecified atom stereocenters. The Balaban J connectivity index is 1.43. The Bertz CT molecular complexity index is 700. The van der Waals surface area contributed by atoms with Gasteiger partial charge in [0.25, 0.3) is 5.91 Å². The maximum absolute atomic E-state index is 12.4. The van der Waals surface area contributed by atoms with Crippen molar-refractivity contribution >= 4 is 23.1 Å². The van der Waals surface area contributed by atoms with E-state index in [4.69, 9.17) is 4.74 Å². The highest BCUT2D eigenvalue weighted by molar-refractivity contribution is 7.07. The molecule has 1 amide bonds. The summed E-state index contributed by atoms with van der Waals surface area (Å²) in [5.74, 6) is 1.75. The molecule has 1 atom stereocenters. The number of carbonyl (C=O) groups is 1. The van der Waals surface area contributed by atoms with E-state index in [1.165, 1.54) is 24.2 Å². The molecule has 2 saturated heterocycles. The number of ether oxygens (including phenoxy) is 1. The first-order valence-electron chi connectivity index (χ1n) is 8.35. The van der Waals surface area contributed by atoms with Gasteiger partial charge in [0.1, 0.15) is 11.8 Å². The molecule has 4 rings (SSSR count). The number of thiazole rings is 1. The second-order valence-electron chi connectivity index (χ2n) is 6.17. The molecule has 0 N–H and O–H groups in total. The van der Waals surface area contributed by atoms with Gasteiger partial charge in [-0.3, -0.25) is 4.79 Å². The van der Waals surface area contributed by atoms with Crippen molar-refractivity contribution in [1.29, 1.82) is 0 Å². The van der Waals surface area contributed by atoms with E-state index in [1.54, 1.807) is 10.9 Å². The lowest BCUT2D eigenvalue weighted by Gasteiger charge is -2.22. The standard InChI is InChI=1S/C17H20N4O2S/c22-17(14-11-24-12-19-14)21-9-5-13(10-21)23-15-4-3-6-18-16(15)20-7-1-2-8-20/h3-4,6,11-13H,1-2,5,7-10H2/t13-/m0/s1. The van der Waals surface area contributed by atoms with Crippen LogP contribution in [0.25, 0.3) is 0 Å². The highest BCUT2D eigenvalue weighted by Gasteiger charge is 2.30. The van der Waals surface area contributed by atoms with Crippen LogP contribution in [0, 0.1) is 0 Å². The molecule has 0 saturated carbocycles. The number of hydrogen-bond acceptors (Lipinski definition) is 6. The van der Waals surface area contributed by atoms with Gasteiger partial charge in [0, 0.05) is 37.6 Å². The van der Waals surface area contributed by atoms with Gasteiger partial charge in [0.05, 0.1) is 12.1 Å². The third kappa shape index (κ3) is 3.08. The Morgan fingerprint density at radius 1 is 1.25 bits per heavy atom. The molecule has 6 nitrogen and oxygen atoms in total. The lowest BCUT2D eigenvalue weighted by molar-refractivity contribution is 0.0767. The van der Waals surface area contributed by atoms with Crippen LogP contribution in [0.15, 0.2) is 29.2 Å². The summed E-state index contributed by atoms with van der Waals surface area (Å²) < 4.78 is 6.20. The van der Waals surface area contributed by atoms with E-state index in [-0.39, 0.29) is 12.0 Å². The van der Waals surface area contributed by atoms with Crippen molar-refractivity contribution in [3.8, 4) is 5.75 Å². The quantitative estimate of drug-likeness (QED) is 0.853. The molecule has 0 bridgehead atoms. The molecule has 4 heterocycles. The number of pyridine rings is 1. The van der Waals surface area contributed by atoms with Gasteiger partial charge in [-0.15, -0.1) is 11.3 Å². The molecule has 126 valence electrons. The molecule has 0 spiro atoms. The Morgan fingerprint density at radius 2 is 2.12 bits per heavy atom. The third-order valence-corrected chi connectivity index (χ3v) is 5.12. The number of likely N-dealkylation sites (tertiary alicyclic amines) is 1. The van der Waals surface area contributed by atoms with Gasteiger partial charge in [0.15, 0.2) is 11.6 Å². The van der Waals surface area contributed by atoms with Gasteiger partial charge in [-0.05, 0) is 25.0 Å². The molecular formula is C17H20N4O2S. The summed E-state index contributed by atoms with van der Waals surface area (Å²) in [7, 11) is 0. The van der Waals surface area contributed by atoms with E-state index in [0.29, 0.717) is 18.8 Å². The van der Waals surface area contributed by atoms with Crippen molar-refractivity contribution in [3.05, 3.63) is 34.9 Å². The van der Waals surface area contributed by atoms with Crippen LogP contribution in [0.4, 0.5) is 5.82 Å². The number of anilines is 1. The lowest BCUT2D eigenvalue weighted by Crippen LogP contribution is -2.31. The summed E-state index contributed by atoms with van der Waals surface area (Å²) in [4.78, 5) is 25.1. The van der Waals surface area contributed by atoms with Gasteiger partial charge >= 0.3 is 0 Å². The van der Waals surface area contributed by atoms with E-state index >= 15 is 0 Å². The molecule has 7 heteroatoms. The van der Waals surface area contributed by atoms with E-state index in [0.717, 1.165) is 31.1 Å². The second kappa shape index (κ2) is 6.76. The van der Waals surface area contributed by atoms with Gasteiger partial charge in [-0.25, -0.2) is 9.97 Å². The maximum atomic E-state index is 12.4. The maximum Gasteiger partial charge on any atom is 0.273 e. The average Bonchev–Trinajstić information content (AvgIpc) is 3.36. The van der Waals surface area contributed by atoms with E-state index in [2.05, 4.69) is 14.9 Å². The van der Waals surface area contributed by atoms with Crippen molar-refractivity contribution in [3.63, 3.8) is 0 Å². The number of nitrogens with zero attached hydrogens (tertiary/aromatic N) is 4. The van der Waals surface area contributed by atoms with Crippen molar-refractivity contribution in [1.82, 2.24) is 14.9 Å². The summed E-state index contributed by atoms with van der Waals surface area (Å²) >= 11 is 1.44. The van der Waals surface area contributed by atoms with Crippen LogP contribution in [-0.4, -0.2) is 53.1 Å². The fraction of sp³-hybridized carbons (Fsp3) is 0.471. The number of hydrogen-bond donors (Lipinski definition) is 0. The fourth-order valence-corrected chi connectivity index (χ4v) is 3.84. The predicted molar refractivity (Wildman–Crippen MR) is 92.7 cm³/mol. The molecule has 2 aliphatic heterocycles. The normalized spacial score (nSPS) is 20.6. The number of amides is 1. The largest absolute Gasteiger partial charge is 0.485 e. The molecule has 2 fully saturated rings. The smallest absolute Gasteiger partial charge is 0.273 e. The van der Waals surface area contributed by atoms with Gasteiger partial charge in [-0.1, -0.05) is 0 Å². The topological polar surface area (TPSA) is 58.6 Å². The zero-order valence-corrected chi connectivity index (χ0v) is 14.2. The highest BCUT2D eigenvalue weighted by atomic mass is 32.1. The minimum absolute atomic E-state index is 0.00620. The molecule has 0 aliphatic carbocycles. The monoisotopic (exact) mass is 344 g/mol. The van der Waals surface area contributed by atoms with E-state index < -0.39 is 0 Å². The number of rotatable bonds is 4. The van der Waals surface area contributed by atoms with Crippen LogP contribution in [0.3, 0.4) is 0 Å². The first-order chi connectivity index (χ1) is 11.8. The van der Waals surface area contributed by atoms with Crippen LogP contribution in [0.5, 0.6) is 5.75 Å². The van der Waals surface area contributed by atoms with Crippen LogP contribution < -0.4 is 9.64 Å². The Morgan fingerprint density at radius 3 is 2.92 bits per heavy atom. The molecule has 2 aromatic rings. The van der Waals surface area contributed by atoms with Crippen LogP contribution in [0.2, 0.25) is 0 Å². The summed E-state index contributed by atoms with van der Waals surface area (Å²) in [6, 6.07) is 3.88. The second-order valence-corrected chi connectivity index (χ2v) is 6.89. The number of aromatic nitrogens is 2. The van der Waals surface area contributed by atoms with Crippen molar-refractivity contribution in [2.45, 2.75) is 25.4 Å². The predicted octanol–water partition coefficient (Wildman–Crippen LogP) is 2.43. The minimum Gasteiger partial charge on any atom is -0.485 e. The Kier molecular flexibility index (Phi) is 4.34. The summed E-state index contributed by atoms with van der Waals surface area (Å²) in [6.07, 6.45) is 5.07. The SMILES string of the molecule is O=C(c1cscn1)N1CC[C@H](Oc2cccnc2N2CCCC2)C1. The first-order valence-corrected chi connectivity index (χ1v) is 9.29. The van der Waals surface area contributed by atoms with Gasteiger partial charge in [-0.2, -0.15) is 0 Å². The van der Waals surface area contributed by atoms with Crippen molar-refractivity contribution < 1.29 is 9.53 Å². The average molecular weight is 344 g/mol. The Labute approximate surface area is 145 Å². The molecule has 2 aliphatic rings. The molecule has 24 heavy (non-hydrogen) atoms. The van der Waals surface area contributed by atoms with E-state index in [9.17, 15) is 4.79 Å². The fourth-order valence-electron chi connectivity index (χ4n) is 3.31. The highest BCUT2D eigenvalue weighted by Crippen LogP contribution is 2.30.